The van der Waals surface area contributed by atoms with Crippen molar-refractivity contribution in [2.24, 2.45) is 0 Å². The van der Waals surface area contributed by atoms with Gasteiger partial charge in [0.15, 0.2) is 0 Å². The van der Waals surface area contributed by atoms with Crippen LogP contribution in [0.25, 0.3) is 55.0 Å². The summed E-state index contributed by atoms with van der Waals surface area (Å²) < 4.78 is 86.7. The van der Waals surface area contributed by atoms with E-state index in [9.17, 15) is 36.9 Å². The zero-order valence-electron chi connectivity index (χ0n) is 22.3. The van der Waals surface area contributed by atoms with E-state index in [0.717, 1.165) is 11.5 Å². The highest BCUT2D eigenvalue weighted by Crippen LogP contribution is 2.45. The molecule has 0 unspecified atom stereocenters. The highest BCUT2D eigenvalue weighted by Gasteiger charge is 2.39. The first kappa shape index (κ1) is 27.1. The highest BCUT2D eigenvalue weighted by molar-refractivity contribution is 6.29. The lowest BCUT2D eigenvalue weighted by molar-refractivity contribution is -0.142. The first-order chi connectivity index (χ1) is 21.0. The Labute approximate surface area is 244 Å². The van der Waals surface area contributed by atoms with Crippen LogP contribution >= 0.6 is 0 Å². The second-order valence-electron chi connectivity index (χ2n) is 10.2. The molecular formula is C34H16F6N4. The van der Waals surface area contributed by atoms with Crippen molar-refractivity contribution in [3.05, 3.63) is 119 Å². The summed E-state index contributed by atoms with van der Waals surface area (Å²) in [5, 5.41) is 22.4. The lowest BCUT2D eigenvalue weighted by atomic mass is 10.1. The van der Waals surface area contributed by atoms with Crippen LogP contribution in [0.15, 0.2) is 97.1 Å². The van der Waals surface area contributed by atoms with Gasteiger partial charge in [-0.05, 0) is 54.6 Å². The van der Waals surface area contributed by atoms with Gasteiger partial charge in [0.25, 0.3) is 0 Å². The van der Waals surface area contributed by atoms with E-state index in [1.54, 1.807) is 65.2 Å². The van der Waals surface area contributed by atoms with Crippen molar-refractivity contribution < 1.29 is 26.3 Å². The maximum Gasteiger partial charge on any atom is 0.418 e. The Kier molecular flexibility index (Phi) is 5.78. The van der Waals surface area contributed by atoms with Crippen molar-refractivity contribution in [1.82, 2.24) is 9.13 Å². The number of aromatic nitrogens is 2. The molecule has 0 bridgehead atoms. The van der Waals surface area contributed by atoms with Crippen molar-refractivity contribution in [2.75, 3.05) is 0 Å². The summed E-state index contributed by atoms with van der Waals surface area (Å²) in [6, 6.07) is 28.1. The molecule has 214 valence electrons. The van der Waals surface area contributed by atoms with Gasteiger partial charge < -0.3 is 9.13 Å². The molecule has 0 fully saturated rings. The summed E-state index contributed by atoms with van der Waals surface area (Å²) in [6.45, 7) is 0. The molecule has 0 amide bonds. The van der Waals surface area contributed by atoms with E-state index in [4.69, 9.17) is 0 Å². The van der Waals surface area contributed by atoms with Crippen LogP contribution in [0.3, 0.4) is 0 Å². The minimum Gasteiger partial charge on any atom is -0.309 e. The maximum atomic E-state index is 14.4. The van der Waals surface area contributed by atoms with Crippen molar-refractivity contribution in [2.45, 2.75) is 12.4 Å². The van der Waals surface area contributed by atoms with Gasteiger partial charge in [0.2, 0.25) is 0 Å². The van der Waals surface area contributed by atoms with Gasteiger partial charge in [-0.3, -0.25) is 0 Å². The van der Waals surface area contributed by atoms with Crippen molar-refractivity contribution in [1.29, 1.82) is 10.5 Å². The largest absolute Gasteiger partial charge is 0.418 e. The molecule has 4 nitrogen and oxygen atoms in total. The normalized spacial score (nSPS) is 12.3. The quantitative estimate of drug-likeness (QED) is 0.187. The number of rotatable bonds is 2. The van der Waals surface area contributed by atoms with Crippen LogP contribution in [-0.4, -0.2) is 9.13 Å². The molecule has 0 saturated carbocycles. The summed E-state index contributed by atoms with van der Waals surface area (Å²) in [5.41, 5.74) is -0.393. The average molecular weight is 595 g/mol. The van der Waals surface area contributed by atoms with Crippen LogP contribution in [0.1, 0.15) is 22.3 Å². The Hall–Kier alpha value is -5.74. The Bertz CT molecular complexity index is 2360. The summed E-state index contributed by atoms with van der Waals surface area (Å²) >= 11 is 0. The fourth-order valence-electron chi connectivity index (χ4n) is 6.12. The number of nitriles is 2. The first-order valence-corrected chi connectivity index (χ1v) is 13.2. The predicted molar refractivity (Wildman–Crippen MR) is 155 cm³/mol. The molecule has 44 heavy (non-hydrogen) atoms. The number of hydrogen-bond acceptors (Lipinski definition) is 2. The molecule has 0 spiro atoms. The van der Waals surface area contributed by atoms with Crippen molar-refractivity contribution in [3.63, 3.8) is 0 Å². The minimum absolute atomic E-state index is 0.141. The fraction of sp³-hybridized carbons (Fsp3) is 0.0588. The second-order valence-corrected chi connectivity index (χ2v) is 10.2. The monoisotopic (exact) mass is 594 g/mol. The Morgan fingerprint density at radius 2 is 1.05 bits per heavy atom. The number of alkyl halides is 6. The van der Waals surface area contributed by atoms with Crippen LogP contribution in [-0.2, 0) is 12.4 Å². The molecule has 5 aromatic carbocycles. The van der Waals surface area contributed by atoms with E-state index < -0.39 is 29.2 Å². The second kappa shape index (κ2) is 9.38. The molecule has 0 aliphatic rings. The molecule has 7 aromatic rings. The number of nitrogens with zero attached hydrogens (tertiary/aromatic N) is 4. The maximum absolute atomic E-state index is 14.4. The standard InChI is InChI=1S/C34H16F6N4/c35-33(36,37)21-12-13-27(24(16-21)34(38,39)40)43-25-10-3-1-8-22(25)30-28(43)14-15-29-31(30)23-9-2-4-11-26(23)44(29)32-19(17-41)6-5-7-20(32)18-42/h1-16H. The molecular weight excluding hydrogens is 578 g/mol. The molecule has 0 saturated heterocycles. The molecule has 0 aliphatic carbocycles. The molecule has 0 aliphatic heterocycles. The lowest BCUT2D eigenvalue weighted by Gasteiger charge is -2.18. The van der Waals surface area contributed by atoms with Crippen LogP contribution in [0.5, 0.6) is 0 Å². The van der Waals surface area contributed by atoms with Gasteiger partial charge in [0, 0.05) is 21.5 Å². The zero-order valence-corrected chi connectivity index (χ0v) is 22.3. The van der Waals surface area contributed by atoms with Gasteiger partial charge in [-0.1, -0.05) is 42.5 Å². The lowest BCUT2D eigenvalue weighted by Crippen LogP contribution is -2.14. The number of para-hydroxylation sites is 3. The smallest absolute Gasteiger partial charge is 0.309 e. The molecule has 10 heteroatoms. The third-order valence-corrected chi connectivity index (χ3v) is 7.84. The summed E-state index contributed by atoms with van der Waals surface area (Å²) in [5.74, 6) is 0. The molecule has 2 aromatic heterocycles. The van der Waals surface area contributed by atoms with Crippen molar-refractivity contribution >= 4 is 43.6 Å². The van der Waals surface area contributed by atoms with E-state index >= 15 is 0 Å². The third kappa shape index (κ3) is 3.85. The molecule has 2 heterocycles. The topological polar surface area (TPSA) is 57.4 Å². The fourth-order valence-corrected chi connectivity index (χ4v) is 6.12. The zero-order chi connectivity index (χ0) is 31.0. The van der Waals surface area contributed by atoms with Crippen LogP contribution in [0.2, 0.25) is 0 Å². The van der Waals surface area contributed by atoms with Gasteiger partial charge in [0.1, 0.15) is 12.1 Å². The van der Waals surface area contributed by atoms with E-state index in [-0.39, 0.29) is 17.2 Å². The predicted octanol–water partition coefficient (Wildman–Crippen LogP) is 9.66. The van der Waals surface area contributed by atoms with E-state index in [2.05, 4.69) is 12.1 Å². The van der Waals surface area contributed by atoms with Gasteiger partial charge in [-0.15, -0.1) is 0 Å². The summed E-state index contributed by atoms with van der Waals surface area (Å²) in [7, 11) is 0. The van der Waals surface area contributed by atoms with E-state index in [1.165, 1.54) is 4.57 Å². The molecule has 0 atom stereocenters. The van der Waals surface area contributed by atoms with Gasteiger partial charge in [-0.2, -0.15) is 36.9 Å². The van der Waals surface area contributed by atoms with Crippen molar-refractivity contribution in [3.8, 4) is 23.5 Å². The van der Waals surface area contributed by atoms with Gasteiger partial charge in [-0.25, -0.2) is 0 Å². The van der Waals surface area contributed by atoms with E-state index in [0.29, 0.717) is 50.0 Å². The van der Waals surface area contributed by atoms with Crippen LogP contribution in [0.4, 0.5) is 26.3 Å². The number of benzene rings is 5. The minimum atomic E-state index is -5.08. The van der Waals surface area contributed by atoms with E-state index in [1.807, 2.05) is 18.2 Å². The number of fused-ring (bicyclic) bond motifs is 7. The molecule has 7 rings (SSSR count). The first-order valence-electron chi connectivity index (χ1n) is 13.2. The van der Waals surface area contributed by atoms with Gasteiger partial charge >= 0.3 is 12.4 Å². The highest BCUT2D eigenvalue weighted by atomic mass is 19.4. The Morgan fingerprint density at radius 3 is 1.57 bits per heavy atom. The Balaban J connectivity index is 1.68. The molecule has 0 radical (unpaired) electrons. The van der Waals surface area contributed by atoms with Crippen LogP contribution < -0.4 is 0 Å². The summed E-state index contributed by atoms with van der Waals surface area (Å²) in [6.07, 6.45) is -10.0. The summed E-state index contributed by atoms with van der Waals surface area (Å²) in [4.78, 5) is 0. The molecule has 0 N–H and O–H groups in total. The third-order valence-electron chi connectivity index (χ3n) is 7.84. The number of hydrogen-bond donors (Lipinski definition) is 0. The SMILES string of the molecule is N#Cc1cccc(C#N)c1-n1c2ccccc2c2c3c4ccccc4n(-c4ccc(C(F)(F)F)cc4C(F)(F)F)c3ccc21. The number of halogens is 6. The van der Waals surface area contributed by atoms with Gasteiger partial charge in [0.05, 0.1) is 55.7 Å². The Morgan fingerprint density at radius 1 is 0.523 bits per heavy atom. The average Bonchev–Trinajstić information content (AvgIpc) is 3.52. The van der Waals surface area contributed by atoms with Crippen LogP contribution in [0, 0.1) is 22.7 Å².